The molecule has 19 heteroatoms. The Hall–Kier alpha value is -6.44. The largest absolute Gasteiger partial charge is 0.378 e. The van der Waals surface area contributed by atoms with Crippen molar-refractivity contribution in [3.8, 4) is 22.5 Å². The summed E-state index contributed by atoms with van der Waals surface area (Å²) < 4.78 is 69.3. The van der Waals surface area contributed by atoms with Crippen molar-refractivity contribution < 1.29 is 27.0 Å². The Morgan fingerprint density at radius 2 is 1.03 bits per heavy atom. The maximum Gasteiger partial charge on any atom is 0.152 e. The lowest BCUT2D eigenvalue weighted by molar-refractivity contribution is 0.122. The smallest absolute Gasteiger partial charge is 0.152 e. The van der Waals surface area contributed by atoms with E-state index in [1.165, 1.54) is 12.1 Å². The third kappa shape index (κ3) is 10.4. The van der Waals surface area contributed by atoms with Crippen molar-refractivity contribution >= 4 is 67.9 Å². The first-order chi connectivity index (χ1) is 34.9. The summed E-state index contributed by atoms with van der Waals surface area (Å²) in [4.78, 5) is 36.8. The van der Waals surface area contributed by atoms with Gasteiger partial charge in [0.25, 0.3) is 0 Å². The Labute approximate surface area is 421 Å². The average molecular weight is 1010 g/mol. The topological polar surface area (TPSA) is 114 Å². The summed E-state index contributed by atoms with van der Waals surface area (Å²) >= 11 is 6.41. The minimum absolute atomic E-state index is 0.146. The number of nitrogens with one attached hydrogen (secondary N) is 1. The third-order valence-electron chi connectivity index (χ3n) is 13.9. The molecule has 0 radical (unpaired) electrons. The van der Waals surface area contributed by atoms with Gasteiger partial charge in [0, 0.05) is 126 Å². The second-order valence-electron chi connectivity index (χ2n) is 18.7. The monoisotopic (exact) mass is 1000 g/mol. The zero-order chi connectivity index (χ0) is 50.0. The Kier molecular flexibility index (Phi) is 14.6. The van der Waals surface area contributed by atoms with Crippen molar-refractivity contribution in [1.29, 1.82) is 0 Å². The summed E-state index contributed by atoms with van der Waals surface area (Å²) in [6, 6.07) is 14.0. The number of benzene rings is 2. The molecule has 0 atom stereocenters. The Balaban J connectivity index is 0.000000188. The third-order valence-corrected chi connectivity index (χ3v) is 14.4. The van der Waals surface area contributed by atoms with Crippen LogP contribution in [0.3, 0.4) is 0 Å². The Bertz CT molecular complexity index is 3110. The highest BCUT2D eigenvalue weighted by molar-refractivity contribution is 6.36. The van der Waals surface area contributed by atoms with Crippen molar-refractivity contribution in [2.24, 2.45) is 0 Å². The molecule has 376 valence electrons. The molecule has 0 amide bonds. The first kappa shape index (κ1) is 49.2. The van der Waals surface area contributed by atoms with Crippen molar-refractivity contribution in [2.45, 2.75) is 13.8 Å². The average Bonchev–Trinajstić information content (AvgIpc) is 3.39. The van der Waals surface area contributed by atoms with Crippen LogP contribution in [0, 0.1) is 37.1 Å². The van der Waals surface area contributed by atoms with Gasteiger partial charge in [-0.1, -0.05) is 11.6 Å². The number of anilines is 6. The van der Waals surface area contributed by atoms with E-state index in [1.54, 1.807) is 19.3 Å². The molecule has 72 heavy (non-hydrogen) atoms. The number of pyridine rings is 5. The van der Waals surface area contributed by atoms with Gasteiger partial charge in [-0.3, -0.25) is 0 Å². The number of fused-ring (bicyclic) bond motifs is 2. The standard InChI is InChI=1S/C33H38F2N8O2.C20H19ClF2N4/c1-22-31(23-3-4-36-29(17-23)42-7-5-40(2)6-8-42)38-27-19-24(34)18-26(35)30(27)32(22)39-28-20-25(41-9-13-44-14-10-41)21-37-33(28)43-11-15-45-16-12-43;1-12-19(21)18-15(23)10-14(22)11-16(18)25-20(12)13-3-4-24-17(9-13)27-7-5-26(2)6-8-27/h3-4,17-21H,5-16H2,1-2H3,(H,38,39);3-4,9-11H,5-8H2,1-2H3. The van der Waals surface area contributed by atoms with Gasteiger partial charge in [-0.2, -0.15) is 0 Å². The zero-order valence-corrected chi connectivity index (χ0v) is 41.6. The molecule has 14 nitrogen and oxygen atoms in total. The number of morpholine rings is 2. The molecule has 0 unspecified atom stereocenters. The maximum absolute atomic E-state index is 15.7. The predicted octanol–water partition coefficient (Wildman–Crippen LogP) is 8.74. The number of halogens is 5. The summed E-state index contributed by atoms with van der Waals surface area (Å²) in [5.74, 6) is -0.248. The molecule has 5 aromatic heterocycles. The first-order valence-corrected chi connectivity index (χ1v) is 24.7. The van der Waals surface area contributed by atoms with Crippen molar-refractivity contribution in [2.75, 3.05) is 144 Å². The fourth-order valence-corrected chi connectivity index (χ4v) is 10.0. The van der Waals surface area contributed by atoms with Crippen molar-refractivity contribution in [1.82, 2.24) is 34.7 Å². The number of likely N-dealkylation sites (N-methyl/N-ethyl adjacent to an activating group) is 2. The van der Waals surface area contributed by atoms with Gasteiger partial charge in [-0.15, -0.1) is 0 Å². The highest BCUT2D eigenvalue weighted by Gasteiger charge is 2.25. The van der Waals surface area contributed by atoms with Gasteiger partial charge in [0.1, 0.15) is 34.9 Å². The van der Waals surface area contributed by atoms with Gasteiger partial charge < -0.3 is 44.2 Å². The number of aromatic nitrogens is 5. The van der Waals surface area contributed by atoms with Crippen LogP contribution in [-0.2, 0) is 9.47 Å². The molecule has 1 N–H and O–H groups in total. The second kappa shape index (κ2) is 21.3. The van der Waals surface area contributed by atoms with Gasteiger partial charge in [0.15, 0.2) is 5.82 Å². The molecule has 0 bridgehead atoms. The van der Waals surface area contributed by atoms with Crippen molar-refractivity contribution in [3.05, 3.63) is 113 Å². The van der Waals surface area contributed by atoms with Gasteiger partial charge >= 0.3 is 0 Å². The molecule has 7 aromatic rings. The van der Waals surface area contributed by atoms with E-state index in [-0.39, 0.29) is 26.8 Å². The number of nitrogens with zero attached hydrogens (tertiary/aromatic N) is 11. The van der Waals surface area contributed by atoms with E-state index < -0.39 is 23.3 Å². The normalized spacial score (nSPS) is 17.1. The minimum Gasteiger partial charge on any atom is -0.378 e. The number of hydrogen-bond acceptors (Lipinski definition) is 14. The Morgan fingerprint density at radius 3 is 1.57 bits per heavy atom. The maximum atomic E-state index is 15.7. The van der Waals surface area contributed by atoms with E-state index in [2.05, 4.69) is 69.8 Å². The fourth-order valence-electron chi connectivity index (χ4n) is 9.73. The Morgan fingerprint density at radius 1 is 0.542 bits per heavy atom. The van der Waals surface area contributed by atoms with Crippen molar-refractivity contribution in [3.63, 3.8) is 0 Å². The van der Waals surface area contributed by atoms with Crippen LogP contribution in [0.1, 0.15) is 11.1 Å². The van der Waals surface area contributed by atoms with E-state index in [0.717, 1.165) is 123 Å². The van der Waals surface area contributed by atoms with E-state index in [0.29, 0.717) is 62.2 Å². The molecular formula is C53H57ClF4N12O2. The molecular weight excluding hydrogens is 948 g/mol. The van der Waals surface area contributed by atoms with E-state index in [9.17, 15) is 13.2 Å². The molecule has 9 heterocycles. The molecule has 0 saturated carbocycles. The van der Waals surface area contributed by atoms with Gasteiger partial charge in [-0.25, -0.2) is 42.5 Å². The first-order valence-electron chi connectivity index (χ1n) is 24.3. The van der Waals surface area contributed by atoms with Crippen LogP contribution < -0.4 is 24.9 Å². The number of piperazine rings is 2. The minimum atomic E-state index is -0.704. The lowest BCUT2D eigenvalue weighted by atomic mass is 10.0. The fraction of sp³-hybridized carbons (Fsp3) is 0.377. The summed E-state index contributed by atoms with van der Waals surface area (Å²) in [5, 5.41) is 4.21. The number of rotatable bonds is 8. The van der Waals surface area contributed by atoms with Crippen LogP contribution in [0.2, 0.25) is 5.02 Å². The van der Waals surface area contributed by atoms with Gasteiger partial charge in [-0.05, 0) is 69.4 Å². The van der Waals surface area contributed by atoms with Crippen LogP contribution >= 0.6 is 11.6 Å². The highest BCUT2D eigenvalue weighted by Crippen LogP contribution is 2.41. The van der Waals surface area contributed by atoms with Crippen LogP contribution in [0.15, 0.2) is 73.2 Å². The molecule has 4 aliphatic heterocycles. The van der Waals surface area contributed by atoms with Crippen LogP contribution in [0.4, 0.5) is 52.1 Å². The molecule has 0 spiro atoms. The highest BCUT2D eigenvalue weighted by atomic mass is 35.5. The molecule has 4 aliphatic rings. The van der Waals surface area contributed by atoms with Crippen LogP contribution in [0.5, 0.6) is 0 Å². The second-order valence-corrected chi connectivity index (χ2v) is 19.1. The lowest BCUT2D eigenvalue weighted by Gasteiger charge is -2.33. The number of hydrogen-bond donors (Lipinski definition) is 1. The SMILES string of the molecule is Cc1c(-c2ccnc(N3CCN(C)CC3)c2)nc2cc(F)cc(F)c2c1Cl.Cc1c(-c2ccnc(N3CCN(C)CC3)c2)nc2cc(F)cc(F)c2c1Nc1cc(N2CCOCC2)cnc1N1CCOCC1. The quantitative estimate of drug-likeness (QED) is 0.146. The molecule has 4 saturated heterocycles. The van der Waals surface area contributed by atoms with Crippen LogP contribution in [-0.4, -0.2) is 154 Å². The van der Waals surface area contributed by atoms with E-state index in [4.69, 9.17) is 31.0 Å². The van der Waals surface area contributed by atoms with E-state index >= 15 is 4.39 Å². The van der Waals surface area contributed by atoms with Gasteiger partial charge in [0.2, 0.25) is 0 Å². The summed E-state index contributed by atoms with van der Waals surface area (Å²) in [6.07, 6.45) is 5.39. The molecule has 0 aliphatic carbocycles. The molecule has 2 aromatic carbocycles. The number of ether oxygens (including phenoxy) is 2. The molecule has 11 rings (SSSR count). The molecule has 4 fully saturated rings. The lowest BCUT2D eigenvalue weighted by Crippen LogP contribution is -2.44. The van der Waals surface area contributed by atoms with Gasteiger partial charge in [0.05, 0.1) is 87.9 Å². The van der Waals surface area contributed by atoms with Crippen LogP contribution in [0.25, 0.3) is 44.3 Å². The summed E-state index contributed by atoms with van der Waals surface area (Å²) in [5.41, 5.74) is 6.96. The summed E-state index contributed by atoms with van der Waals surface area (Å²) in [6.45, 7) is 16.5. The predicted molar refractivity (Wildman–Crippen MR) is 277 cm³/mol. The summed E-state index contributed by atoms with van der Waals surface area (Å²) in [7, 11) is 4.22. The zero-order valence-electron chi connectivity index (χ0n) is 40.9. The van der Waals surface area contributed by atoms with E-state index in [1.807, 2.05) is 37.4 Å².